The summed E-state index contributed by atoms with van der Waals surface area (Å²) in [4.78, 5) is 15.9. The van der Waals surface area contributed by atoms with Gasteiger partial charge in [0.2, 0.25) is 0 Å². The quantitative estimate of drug-likeness (QED) is 0.823. The molecule has 3 nitrogen and oxygen atoms in total. The molecule has 0 fully saturated rings. The zero-order valence-corrected chi connectivity index (χ0v) is 12.1. The average Bonchev–Trinajstić information content (AvgIpc) is 2.36. The first kappa shape index (κ1) is 14.1. The van der Waals surface area contributed by atoms with Gasteiger partial charge in [-0.1, -0.05) is 40.9 Å². The van der Waals surface area contributed by atoms with E-state index < -0.39 is 0 Å². The first-order chi connectivity index (χ1) is 8.97. The van der Waals surface area contributed by atoms with Gasteiger partial charge in [0, 0.05) is 6.20 Å². The molecule has 0 aliphatic rings. The van der Waals surface area contributed by atoms with Gasteiger partial charge in [-0.2, -0.15) is 0 Å². The highest BCUT2D eigenvalue weighted by Crippen LogP contribution is 2.25. The second kappa shape index (κ2) is 5.78. The molecule has 0 bridgehead atoms. The van der Waals surface area contributed by atoms with Crippen molar-refractivity contribution >= 4 is 46.4 Å². The van der Waals surface area contributed by atoms with Crippen molar-refractivity contribution in [1.29, 1.82) is 0 Å². The summed E-state index contributed by atoms with van der Waals surface area (Å²) in [6, 6.07) is 6.75. The Morgan fingerprint density at radius 1 is 1.16 bits per heavy atom. The Morgan fingerprint density at radius 3 is 2.63 bits per heavy atom. The van der Waals surface area contributed by atoms with Crippen molar-refractivity contribution in [3.63, 3.8) is 0 Å². The maximum Gasteiger partial charge on any atom is 0.257 e. The van der Waals surface area contributed by atoms with Gasteiger partial charge in [0.15, 0.2) is 0 Å². The maximum atomic E-state index is 12.1. The molecule has 98 valence electrons. The number of anilines is 1. The van der Waals surface area contributed by atoms with Gasteiger partial charge in [-0.3, -0.25) is 4.79 Å². The number of carbonyl (C=O) groups excluding carboxylic acids is 1. The van der Waals surface area contributed by atoms with Gasteiger partial charge in [-0.05, 0) is 30.7 Å². The lowest BCUT2D eigenvalue weighted by molar-refractivity contribution is 0.102. The van der Waals surface area contributed by atoms with Crippen LogP contribution in [-0.4, -0.2) is 10.9 Å². The van der Waals surface area contributed by atoms with E-state index in [1.807, 2.05) is 13.0 Å². The van der Waals surface area contributed by atoms with Crippen LogP contribution in [0.4, 0.5) is 5.69 Å². The number of hydrogen-bond acceptors (Lipinski definition) is 2. The monoisotopic (exact) mass is 314 g/mol. The van der Waals surface area contributed by atoms with Crippen molar-refractivity contribution in [2.75, 3.05) is 5.32 Å². The number of nitrogens with zero attached hydrogens (tertiary/aromatic N) is 1. The molecule has 0 saturated heterocycles. The fourth-order valence-corrected chi connectivity index (χ4v) is 2.02. The molecule has 1 N–H and O–H groups in total. The van der Waals surface area contributed by atoms with Crippen molar-refractivity contribution in [2.45, 2.75) is 6.92 Å². The molecule has 0 unspecified atom stereocenters. The number of carbonyl (C=O) groups is 1. The van der Waals surface area contributed by atoms with Gasteiger partial charge >= 0.3 is 0 Å². The second-order valence-electron chi connectivity index (χ2n) is 3.92. The van der Waals surface area contributed by atoms with E-state index in [0.717, 1.165) is 5.56 Å². The Morgan fingerprint density at radius 2 is 1.89 bits per heavy atom. The summed E-state index contributed by atoms with van der Waals surface area (Å²) in [7, 11) is 0. The summed E-state index contributed by atoms with van der Waals surface area (Å²) < 4.78 is 0. The molecule has 6 heteroatoms. The largest absolute Gasteiger partial charge is 0.321 e. The zero-order valence-electron chi connectivity index (χ0n) is 9.88. The maximum absolute atomic E-state index is 12.1. The van der Waals surface area contributed by atoms with E-state index in [0.29, 0.717) is 10.7 Å². The number of aromatic nitrogens is 1. The van der Waals surface area contributed by atoms with Gasteiger partial charge in [-0.25, -0.2) is 4.98 Å². The molecular weight excluding hydrogens is 307 g/mol. The molecule has 0 saturated carbocycles. The Balaban J connectivity index is 2.30. The molecule has 0 aliphatic heterocycles. The van der Waals surface area contributed by atoms with Gasteiger partial charge in [0.05, 0.1) is 21.3 Å². The Labute approximate surface area is 125 Å². The van der Waals surface area contributed by atoms with E-state index >= 15 is 0 Å². The standard InChI is InChI=1S/C13H9Cl3N2O/c1-7-2-3-9(14)11(4-7)18-13(19)8-5-12(16)17-6-10(8)15/h2-6H,1H3,(H,18,19). The van der Waals surface area contributed by atoms with E-state index in [1.54, 1.807) is 12.1 Å². The molecule has 0 aliphatic carbocycles. The molecule has 2 rings (SSSR count). The van der Waals surface area contributed by atoms with Crippen LogP contribution in [0, 0.1) is 6.92 Å². The van der Waals surface area contributed by atoms with Gasteiger partial charge in [0.25, 0.3) is 5.91 Å². The van der Waals surface area contributed by atoms with E-state index in [2.05, 4.69) is 10.3 Å². The van der Waals surface area contributed by atoms with E-state index in [1.165, 1.54) is 12.3 Å². The summed E-state index contributed by atoms with van der Waals surface area (Å²) in [5.74, 6) is -0.387. The predicted octanol–water partition coefficient (Wildman–Crippen LogP) is 4.60. The van der Waals surface area contributed by atoms with Crippen LogP contribution in [0.15, 0.2) is 30.5 Å². The third-order valence-electron chi connectivity index (χ3n) is 2.44. The summed E-state index contributed by atoms with van der Waals surface area (Å²) in [6.45, 7) is 1.91. The number of benzene rings is 1. The molecule has 1 heterocycles. The molecule has 1 amide bonds. The van der Waals surface area contributed by atoms with Crippen LogP contribution in [0.25, 0.3) is 0 Å². The molecular formula is C13H9Cl3N2O. The Kier molecular flexibility index (Phi) is 4.30. The summed E-state index contributed by atoms with van der Waals surface area (Å²) in [5.41, 5.74) is 1.76. The smallest absolute Gasteiger partial charge is 0.257 e. The fraction of sp³-hybridized carbons (Fsp3) is 0.0769. The number of hydrogen-bond donors (Lipinski definition) is 1. The minimum absolute atomic E-state index is 0.199. The van der Waals surface area contributed by atoms with Gasteiger partial charge in [0.1, 0.15) is 5.15 Å². The van der Waals surface area contributed by atoms with Gasteiger partial charge in [-0.15, -0.1) is 0 Å². The molecule has 0 atom stereocenters. The van der Waals surface area contributed by atoms with Crippen LogP contribution in [0.1, 0.15) is 15.9 Å². The van der Waals surface area contributed by atoms with E-state index in [4.69, 9.17) is 34.8 Å². The molecule has 2 aromatic rings. The number of rotatable bonds is 2. The lowest BCUT2D eigenvalue weighted by Gasteiger charge is -2.09. The van der Waals surface area contributed by atoms with Crippen LogP contribution in [0.3, 0.4) is 0 Å². The molecule has 1 aromatic heterocycles. The highest BCUT2D eigenvalue weighted by Gasteiger charge is 2.13. The fourth-order valence-electron chi connectivity index (χ4n) is 1.51. The van der Waals surface area contributed by atoms with Crippen LogP contribution < -0.4 is 5.32 Å². The average molecular weight is 316 g/mol. The SMILES string of the molecule is Cc1ccc(Cl)c(NC(=O)c2cc(Cl)ncc2Cl)c1. The minimum atomic E-state index is -0.387. The first-order valence-corrected chi connectivity index (χ1v) is 6.49. The van der Waals surface area contributed by atoms with Crippen molar-refractivity contribution in [1.82, 2.24) is 4.98 Å². The number of amides is 1. The molecule has 19 heavy (non-hydrogen) atoms. The lowest BCUT2D eigenvalue weighted by atomic mass is 10.2. The Bertz CT molecular complexity index is 644. The van der Waals surface area contributed by atoms with E-state index in [9.17, 15) is 4.79 Å². The normalized spacial score (nSPS) is 10.3. The molecule has 0 spiro atoms. The summed E-state index contributed by atoms with van der Waals surface area (Å²) >= 11 is 17.7. The number of nitrogens with one attached hydrogen (secondary N) is 1. The summed E-state index contributed by atoms with van der Waals surface area (Å²) in [6.07, 6.45) is 1.33. The minimum Gasteiger partial charge on any atom is -0.321 e. The predicted molar refractivity (Wildman–Crippen MR) is 78.4 cm³/mol. The lowest BCUT2D eigenvalue weighted by Crippen LogP contribution is -2.13. The molecule has 1 aromatic carbocycles. The number of pyridine rings is 1. The number of aryl methyl sites for hydroxylation is 1. The highest BCUT2D eigenvalue weighted by atomic mass is 35.5. The highest BCUT2D eigenvalue weighted by molar-refractivity contribution is 6.36. The van der Waals surface area contributed by atoms with Crippen LogP contribution in [-0.2, 0) is 0 Å². The van der Waals surface area contributed by atoms with Crippen molar-refractivity contribution in [2.24, 2.45) is 0 Å². The van der Waals surface area contributed by atoms with Crippen LogP contribution in [0.2, 0.25) is 15.2 Å². The van der Waals surface area contributed by atoms with Crippen molar-refractivity contribution < 1.29 is 4.79 Å². The Hall–Kier alpha value is -1.29. The molecule has 0 radical (unpaired) electrons. The third kappa shape index (κ3) is 3.38. The van der Waals surface area contributed by atoms with Gasteiger partial charge < -0.3 is 5.32 Å². The van der Waals surface area contributed by atoms with E-state index in [-0.39, 0.29) is 21.6 Å². The van der Waals surface area contributed by atoms with Crippen LogP contribution >= 0.6 is 34.8 Å². The number of halogens is 3. The van der Waals surface area contributed by atoms with Crippen molar-refractivity contribution in [3.8, 4) is 0 Å². The van der Waals surface area contributed by atoms with Crippen LogP contribution in [0.5, 0.6) is 0 Å². The zero-order chi connectivity index (χ0) is 14.0. The topological polar surface area (TPSA) is 42.0 Å². The second-order valence-corrected chi connectivity index (χ2v) is 5.13. The summed E-state index contributed by atoms with van der Waals surface area (Å²) in [5, 5.41) is 3.57. The third-order valence-corrected chi connectivity index (χ3v) is 3.27. The first-order valence-electron chi connectivity index (χ1n) is 5.36. The van der Waals surface area contributed by atoms with Crippen molar-refractivity contribution in [3.05, 3.63) is 56.8 Å².